The van der Waals surface area contributed by atoms with Crippen molar-refractivity contribution in [3.8, 4) is 0 Å². The molecule has 2 aliphatic rings. The van der Waals surface area contributed by atoms with E-state index in [-0.39, 0.29) is 5.91 Å². The fourth-order valence-corrected chi connectivity index (χ4v) is 4.20. The first-order valence-corrected chi connectivity index (χ1v) is 10.4. The van der Waals surface area contributed by atoms with Crippen LogP contribution in [-0.4, -0.2) is 54.3 Å². The molecule has 1 aliphatic carbocycles. The standard InChI is InChI=1S/C22H33N3O2/c1-17-7-8-18(2)20(15-17)23-21(26)16-24-11-13-25(14-12-24)22(27)10-9-19-5-3-4-6-19/h7-8,15,19H,3-6,9-14,16H2,1-2H3,(H,23,26). The van der Waals surface area contributed by atoms with Crippen molar-refractivity contribution in [2.45, 2.75) is 52.4 Å². The van der Waals surface area contributed by atoms with E-state index in [1.165, 1.54) is 25.7 Å². The number of benzene rings is 1. The molecule has 1 N–H and O–H groups in total. The predicted molar refractivity (Wildman–Crippen MR) is 109 cm³/mol. The molecule has 1 saturated heterocycles. The quantitative estimate of drug-likeness (QED) is 0.834. The lowest BCUT2D eigenvalue weighted by Crippen LogP contribution is -2.50. The van der Waals surface area contributed by atoms with Gasteiger partial charge in [-0.05, 0) is 43.4 Å². The monoisotopic (exact) mass is 371 g/mol. The number of nitrogens with zero attached hydrogens (tertiary/aromatic N) is 2. The van der Waals surface area contributed by atoms with Gasteiger partial charge < -0.3 is 10.2 Å². The van der Waals surface area contributed by atoms with Gasteiger partial charge in [0.05, 0.1) is 6.54 Å². The molecular weight excluding hydrogens is 338 g/mol. The Morgan fingerprint density at radius 3 is 2.48 bits per heavy atom. The predicted octanol–water partition coefficient (Wildman–Crippen LogP) is 3.36. The van der Waals surface area contributed by atoms with Crippen molar-refractivity contribution in [2.75, 3.05) is 38.0 Å². The normalized spacial score (nSPS) is 18.7. The van der Waals surface area contributed by atoms with Crippen molar-refractivity contribution >= 4 is 17.5 Å². The van der Waals surface area contributed by atoms with E-state index in [9.17, 15) is 9.59 Å². The summed E-state index contributed by atoms with van der Waals surface area (Å²) < 4.78 is 0. The van der Waals surface area contributed by atoms with Crippen LogP contribution in [0.15, 0.2) is 18.2 Å². The highest BCUT2D eigenvalue weighted by atomic mass is 16.2. The first-order valence-electron chi connectivity index (χ1n) is 10.4. The van der Waals surface area contributed by atoms with Crippen LogP contribution in [0.5, 0.6) is 0 Å². The van der Waals surface area contributed by atoms with Gasteiger partial charge in [0.1, 0.15) is 0 Å². The van der Waals surface area contributed by atoms with Gasteiger partial charge in [-0.3, -0.25) is 14.5 Å². The molecule has 5 nitrogen and oxygen atoms in total. The number of amides is 2. The first-order chi connectivity index (χ1) is 13.0. The molecule has 27 heavy (non-hydrogen) atoms. The number of carbonyl (C=O) groups excluding carboxylic acids is 2. The molecule has 1 saturated carbocycles. The van der Waals surface area contributed by atoms with Crippen LogP contribution in [-0.2, 0) is 9.59 Å². The van der Waals surface area contributed by atoms with Crippen molar-refractivity contribution in [1.29, 1.82) is 0 Å². The van der Waals surface area contributed by atoms with Crippen LogP contribution in [0.2, 0.25) is 0 Å². The second kappa shape index (κ2) is 9.36. The molecule has 3 rings (SSSR count). The number of anilines is 1. The summed E-state index contributed by atoms with van der Waals surface area (Å²) in [6.07, 6.45) is 7.02. The summed E-state index contributed by atoms with van der Waals surface area (Å²) in [5.74, 6) is 1.08. The number of rotatable bonds is 6. The zero-order chi connectivity index (χ0) is 19.2. The van der Waals surface area contributed by atoms with Gasteiger partial charge in [0.25, 0.3) is 0 Å². The third-order valence-electron chi connectivity index (χ3n) is 6.00. The number of hydrogen-bond donors (Lipinski definition) is 1. The van der Waals surface area contributed by atoms with E-state index < -0.39 is 0 Å². The molecule has 0 atom stereocenters. The SMILES string of the molecule is Cc1ccc(C)c(NC(=O)CN2CCN(C(=O)CCC3CCCC3)CC2)c1. The van der Waals surface area contributed by atoms with E-state index >= 15 is 0 Å². The lowest BCUT2D eigenvalue weighted by molar-refractivity contribution is -0.133. The van der Waals surface area contributed by atoms with Crippen LogP contribution in [0, 0.1) is 19.8 Å². The van der Waals surface area contributed by atoms with Gasteiger partial charge in [-0.1, -0.05) is 37.8 Å². The van der Waals surface area contributed by atoms with Gasteiger partial charge in [-0.2, -0.15) is 0 Å². The summed E-state index contributed by atoms with van der Waals surface area (Å²) in [6.45, 7) is 7.44. The zero-order valence-electron chi connectivity index (χ0n) is 16.8. The first kappa shape index (κ1) is 19.9. The maximum atomic E-state index is 12.4. The second-order valence-electron chi connectivity index (χ2n) is 8.21. The number of nitrogens with one attached hydrogen (secondary N) is 1. The van der Waals surface area contributed by atoms with E-state index in [0.29, 0.717) is 18.9 Å². The molecule has 1 aromatic carbocycles. The number of piperazine rings is 1. The minimum atomic E-state index is 0.0182. The van der Waals surface area contributed by atoms with Crippen molar-refractivity contribution in [3.05, 3.63) is 29.3 Å². The minimum Gasteiger partial charge on any atom is -0.340 e. The molecule has 0 unspecified atom stereocenters. The zero-order valence-corrected chi connectivity index (χ0v) is 16.8. The Bertz CT molecular complexity index is 660. The highest BCUT2D eigenvalue weighted by molar-refractivity contribution is 5.93. The summed E-state index contributed by atoms with van der Waals surface area (Å²) in [6, 6.07) is 6.09. The molecule has 2 fully saturated rings. The van der Waals surface area contributed by atoms with Gasteiger partial charge in [0.2, 0.25) is 11.8 Å². The van der Waals surface area contributed by atoms with Crippen LogP contribution in [0.4, 0.5) is 5.69 Å². The number of aryl methyl sites for hydroxylation is 2. The summed E-state index contributed by atoms with van der Waals surface area (Å²) in [7, 11) is 0. The van der Waals surface area contributed by atoms with Gasteiger partial charge in [-0.15, -0.1) is 0 Å². The van der Waals surface area contributed by atoms with Gasteiger partial charge in [-0.25, -0.2) is 0 Å². The summed E-state index contributed by atoms with van der Waals surface area (Å²) in [5.41, 5.74) is 3.10. The topological polar surface area (TPSA) is 52.7 Å². The fraction of sp³-hybridized carbons (Fsp3) is 0.636. The van der Waals surface area contributed by atoms with Crippen molar-refractivity contribution in [3.63, 3.8) is 0 Å². The van der Waals surface area contributed by atoms with Crippen LogP contribution in [0.3, 0.4) is 0 Å². The lowest BCUT2D eigenvalue weighted by atomic mass is 10.0. The smallest absolute Gasteiger partial charge is 0.238 e. The van der Waals surface area contributed by atoms with Gasteiger partial charge in [0, 0.05) is 38.3 Å². The third-order valence-corrected chi connectivity index (χ3v) is 6.00. The Labute approximate surface area is 163 Å². The van der Waals surface area contributed by atoms with Crippen LogP contribution < -0.4 is 5.32 Å². The average molecular weight is 372 g/mol. The van der Waals surface area contributed by atoms with Crippen LogP contribution in [0.1, 0.15) is 49.7 Å². The van der Waals surface area contributed by atoms with E-state index in [2.05, 4.69) is 10.2 Å². The highest BCUT2D eigenvalue weighted by Crippen LogP contribution is 2.28. The molecule has 148 valence electrons. The molecule has 0 radical (unpaired) electrons. The summed E-state index contributed by atoms with van der Waals surface area (Å²) in [5, 5.41) is 3.02. The van der Waals surface area contributed by atoms with Crippen LogP contribution in [0.25, 0.3) is 0 Å². The molecule has 5 heteroatoms. The van der Waals surface area contributed by atoms with Gasteiger partial charge >= 0.3 is 0 Å². The van der Waals surface area contributed by atoms with Crippen LogP contribution >= 0.6 is 0 Å². The van der Waals surface area contributed by atoms with E-state index in [0.717, 1.165) is 55.3 Å². The summed E-state index contributed by atoms with van der Waals surface area (Å²) >= 11 is 0. The van der Waals surface area contributed by atoms with E-state index in [4.69, 9.17) is 0 Å². The fourth-order valence-electron chi connectivity index (χ4n) is 4.20. The van der Waals surface area contributed by atoms with Crippen molar-refractivity contribution < 1.29 is 9.59 Å². The Balaban J connectivity index is 1.39. The van der Waals surface area contributed by atoms with Crippen molar-refractivity contribution in [1.82, 2.24) is 9.80 Å². The molecule has 0 bridgehead atoms. The summed E-state index contributed by atoms with van der Waals surface area (Å²) in [4.78, 5) is 28.9. The Morgan fingerprint density at radius 1 is 1.07 bits per heavy atom. The molecule has 0 spiro atoms. The average Bonchev–Trinajstić information content (AvgIpc) is 3.17. The highest BCUT2D eigenvalue weighted by Gasteiger charge is 2.24. The third kappa shape index (κ3) is 5.80. The maximum Gasteiger partial charge on any atom is 0.238 e. The van der Waals surface area contributed by atoms with Crippen molar-refractivity contribution in [2.24, 2.45) is 5.92 Å². The number of carbonyl (C=O) groups is 2. The Kier molecular flexibility index (Phi) is 6.89. The number of hydrogen-bond acceptors (Lipinski definition) is 3. The molecule has 2 amide bonds. The minimum absolute atomic E-state index is 0.0182. The molecule has 1 aromatic rings. The molecule has 0 aromatic heterocycles. The molecule has 1 heterocycles. The lowest BCUT2D eigenvalue weighted by Gasteiger charge is -2.34. The Morgan fingerprint density at radius 2 is 1.78 bits per heavy atom. The van der Waals surface area contributed by atoms with E-state index in [1.807, 2.05) is 36.9 Å². The van der Waals surface area contributed by atoms with E-state index in [1.54, 1.807) is 0 Å². The molecule has 1 aliphatic heterocycles. The van der Waals surface area contributed by atoms with Gasteiger partial charge in [0.15, 0.2) is 0 Å². The molecular formula is C22H33N3O2. The largest absolute Gasteiger partial charge is 0.340 e. The second-order valence-corrected chi connectivity index (χ2v) is 8.21. The Hall–Kier alpha value is -1.88. The maximum absolute atomic E-state index is 12.4.